The fraction of sp³-hybridized carbons (Fsp3) is 0.350. The first kappa shape index (κ1) is 18.6. The van der Waals surface area contributed by atoms with Gasteiger partial charge in [-0.3, -0.25) is 4.90 Å². The molecule has 1 amide bonds. The van der Waals surface area contributed by atoms with Gasteiger partial charge in [-0.15, -0.1) is 0 Å². The van der Waals surface area contributed by atoms with E-state index in [1.165, 1.54) is 10.5 Å². The zero-order valence-electron chi connectivity index (χ0n) is 15.7. The van der Waals surface area contributed by atoms with Crippen LogP contribution in [0.15, 0.2) is 36.4 Å². The summed E-state index contributed by atoms with van der Waals surface area (Å²) in [6.45, 7) is 9.55. The van der Waals surface area contributed by atoms with E-state index < -0.39 is 11.7 Å². The molecule has 0 heterocycles. The number of benzene rings is 2. The number of nitrogen functional groups attached to an aromatic ring is 1. The third-order valence-electron chi connectivity index (χ3n) is 3.74. The molecule has 0 aliphatic carbocycles. The Morgan fingerprint density at radius 3 is 2.20 bits per heavy atom. The van der Waals surface area contributed by atoms with Gasteiger partial charge in [-0.05, 0) is 70.0 Å². The summed E-state index contributed by atoms with van der Waals surface area (Å²) in [5.41, 5.74) is 8.81. The molecule has 5 heteroatoms. The van der Waals surface area contributed by atoms with Crippen LogP contribution in [-0.2, 0) is 4.74 Å². The molecule has 0 bridgehead atoms. The van der Waals surface area contributed by atoms with Gasteiger partial charge in [0.05, 0.1) is 11.4 Å². The quantitative estimate of drug-likeness (QED) is 0.793. The van der Waals surface area contributed by atoms with E-state index in [1.807, 2.05) is 45.9 Å². The molecule has 0 saturated carbocycles. The van der Waals surface area contributed by atoms with E-state index in [2.05, 4.69) is 6.92 Å². The van der Waals surface area contributed by atoms with Crippen LogP contribution in [0, 0.1) is 13.8 Å². The van der Waals surface area contributed by atoms with Gasteiger partial charge in [0.1, 0.15) is 17.1 Å². The lowest BCUT2D eigenvalue weighted by molar-refractivity contribution is 0.0589. The number of aryl methyl sites for hydroxylation is 2. The Bertz CT molecular complexity index is 779. The Morgan fingerprint density at radius 2 is 1.60 bits per heavy atom. The van der Waals surface area contributed by atoms with Gasteiger partial charge in [-0.2, -0.15) is 0 Å². The lowest BCUT2D eigenvalue weighted by atomic mass is 10.1. The summed E-state index contributed by atoms with van der Waals surface area (Å²) in [5, 5.41) is 0. The van der Waals surface area contributed by atoms with Crippen LogP contribution >= 0.6 is 0 Å². The Hall–Kier alpha value is -2.69. The van der Waals surface area contributed by atoms with Gasteiger partial charge in [-0.1, -0.05) is 6.07 Å². The van der Waals surface area contributed by atoms with E-state index in [4.69, 9.17) is 15.2 Å². The monoisotopic (exact) mass is 342 g/mol. The first-order valence-electron chi connectivity index (χ1n) is 8.18. The first-order valence-corrected chi connectivity index (χ1v) is 8.18. The van der Waals surface area contributed by atoms with Crippen molar-refractivity contribution >= 4 is 17.5 Å². The summed E-state index contributed by atoms with van der Waals surface area (Å²) in [5.74, 6) is 1.33. The fourth-order valence-corrected chi connectivity index (χ4v) is 2.22. The summed E-state index contributed by atoms with van der Waals surface area (Å²) < 4.78 is 11.3. The summed E-state index contributed by atoms with van der Waals surface area (Å²) in [6, 6.07) is 11.1. The van der Waals surface area contributed by atoms with E-state index in [1.54, 1.807) is 25.2 Å². The van der Waals surface area contributed by atoms with Gasteiger partial charge in [-0.25, -0.2) is 4.79 Å². The Morgan fingerprint density at radius 1 is 1.00 bits per heavy atom. The lowest BCUT2D eigenvalue weighted by Crippen LogP contribution is -2.34. The molecule has 0 saturated heterocycles. The highest BCUT2D eigenvalue weighted by Gasteiger charge is 2.22. The molecule has 0 aliphatic heterocycles. The van der Waals surface area contributed by atoms with Crippen LogP contribution < -0.4 is 15.4 Å². The average Bonchev–Trinajstić information content (AvgIpc) is 2.50. The van der Waals surface area contributed by atoms with Crippen molar-refractivity contribution in [3.05, 3.63) is 47.5 Å². The molecule has 2 rings (SSSR count). The van der Waals surface area contributed by atoms with Gasteiger partial charge in [0, 0.05) is 13.1 Å². The number of hydrogen-bond acceptors (Lipinski definition) is 4. The highest BCUT2D eigenvalue weighted by Crippen LogP contribution is 2.31. The first-order chi connectivity index (χ1) is 11.6. The largest absolute Gasteiger partial charge is 0.457 e. The van der Waals surface area contributed by atoms with Crippen molar-refractivity contribution in [2.24, 2.45) is 0 Å². The number of hydrogen-bond donors (Lipinski definition) is 1. The number of carbonyl (C=O) groups is 1. The van der Waals surface area contributed by atoms with Crippen LogP contribution in [0.5, 0.6) is 11.5 Å². The number of nitrogens with two attached hydrogens (primary N) is 1. The summed E-state index contributed by atoms with van der Waals surface area (Å²) in [7, 11) is 1.62. The van der Waals surface area contributed by atoms with Crippen molar-refractivity contribution in [3.8, 4) is 11.5 Å². The normalized spacial score (nSPS) is 11.1. The Kier molecular flexibility index (Phi) is 5.26. The minimum Gasteiger partial charge on any atom is -0.457 e. The smallest absolute Gasteiger partial charge is 0.414 e. The molecule has 0 aliphatic rings. The second kappa shape index (κ2) is 7.05. The van der Waals surface area contributed by atoms with Crippen LogP contribution in [0.1, 0.15) is 31.9 Å². The molecule has 2 aromatic rings. The van der Waals surface area contributed by atoms with Crippen molar-refractivity contribution in [3.63, 3.8) is 0 Å². The standard InChI is InChI=1S/C20H26N2O3/c1-13-7-8-15(11-14(13)2)24-16-9-10-17(21)18(12-16)22(6)19(23)25-20(3,4)5/h7-12H,21H2,1-6H3. The number of amides is 1. The lowest BCUT2D eigenvalue weighted by Gasteiger charge is -2.25. The minimum atomic E-state index is -0.576. The van der Waals surface area contributed by atoms with Gasteiger partial charge >= 0.3 is 6.09 Å². The third-order valence-corrected chi connectivity index (χ3v) is 3.74. The molecule has 0 radical (unpaired) electrons. The maximum Gasteiger partial charge on any atom is 0.414 e. The maximum absolute atomic E-state index is 12.3. The number of anilines is 2. The van der Waals surface area contributed by atoms with Gasteiger partial charge in [0.25, 0.3) is 0 Å². The van der Waals surface area contributed by atoms with Gasteiger partial charge in [0.2, 0.25) is 0 Å². The molecular weight excluding hydrogens is 316 g/mol. The molecule has 0 spiro atoms. The van der Waals surface area contributed by atoms with Gasteiger partial charge < -0.3 is 15.2 Å². The van der Waals surface area contributed by atoms with E-state index in [0.717, 1.165) is 11.3 Å². The summed E-state index contributed by atoms with van der Waals surface area (Å²) in [4.78, 5) is 13.7. The highest BCUT2D eigenvalue weighted by molar-refractivity contribution is 5.91. The van der Waals surface area contributed by atoms with E-state index in [9.17, 15) is 4.79 Å². The van der Waals surface area contributed by atoms with Crippen LogP contribution in [0.3, 0.4) is 0 Å². The third kappa shape index (κ3) is 4.89. The predicted octanol–water partition coefficient (Wildman–Crippen LogP) is 5.05. The SMILES string of the molecule is Cc1ccc(Oc2ccc(N)c(N(C)C(=O)OC(C)(C)C)c2)cc1C. The van der Waals surface area contributed by atoms with Crippen LogP contribution in [0.2, 0.25) is 0 Å². The van der Waals surface area contributed by atoms with Crippen LogP contribution in [0.25, 0.3) is 0 Å². The zero-order chi connectivity index (χ0) is 18.8. The molecule has 0 atom stereocenters. The van der Waals surface area contributed by atoms with Crippen molar-refractivity contribution in [2.75, 3.05) is 17.7 Å². The number of rotatable bonds is 3. The van der Waals surface area contributed by atoms with E-state index >= 15 is 0 Å². The van der Waals surface area contributed by atoms with Crippen LogP contribution in [-0.4, -0.2) is 18.7 Å². The number of ether oxygens (including phenoxy) is 2. The van der Waals surface area contributed by atoms with Crippen LogP contribution in [0.4, 0.5) is 16.2 Å². The molecule has 0 unspecified atom stereocenters. The molecule has 0 aromatic heterocycles. The van der Waals surface area contributed by atoms with E-state index in [-0.39, 0.29) is 0 Å². The van der Waals surface area contributed by atoms with Crippen molar-refractivity contribution < 1.29 is 14.3 Å². The zero-order valence-corrected chi connectivity index (χ0v) is 15.7. The summed E-state index contributed by atoms with van der Waals surface area (Å²) >= 11 is 0. The molecular formula is C20H26N2O3. The van der Waals surface area contributed by atoms with Crippen molar-refractivity contribution in [1.29, 1.82) is 0 Å². The topological polar surface area (TPSA) is 64.8 Å². The second-order valence-corrected chi connectivity index (χ2v) is 7.11. The number of nitrogens with zero attached hydrogens (tertiary/aromatic N) is 1. The second-order valence-electron chi connectivity index (χ2n) is 7.11. The molecule has 5 nitrogen and oxygen atoms in total. The molecule has 2 aromatic carbocycles. The molecule has 134 valence electrons. The van der Waals surface area contributed by atoms with Crippen molar-refractivity contribution in [2.45, 2.75) is 40.2 Å². The molecule has 2 N–H and O–H groups in total. The molecule has 25 heavy (non-hydrogen) atoms. The Labute approximate surface area is 149 Å². The average molecular weight is 342 g/mol. The molecule has 0 fully saturated rings. The fourth-order valence-electron chi connectivity index (χ4n) is 2.22. The van der Waals surface area contributed by atoms with Gasteiger partial charge in [0.15, 0.2) is 0 Å². The predicted molar refractivity (Wildman–Crippen MR) is 101 cm³/mol. The summed E-state index contributed by atoms with van der Waals surface area (Å²) in [6.07, 6.45) is -0.470. The minimum absolute atomic E-state index is 0.470. The maximum atomic E-state index is 12.3. The Balaban J connectivity index is 2.24. The number of carbonyl (C=O) groups excluding carboxylic acids is 1. The highest BCUT2D eigenvalue weighted by atomic mass is 16.6. The van der Waals surface area contributed by atoms with Crippen molar-refractivity contribution in [1.82, 2.24) is 0 Å². The van der Waals surface area contributed by atoms with E-state index in [0.29, 0.717) is 17.1 Å².